The molecular weight excluding hydrogens is 269 g/mol. The van der Waals surface area contributed by atoms with E-state index in [-0.39, 0.29) is 6.54 Å². The standard InChI is InChI=1S/C13H21F3N4/c1-4-6-17-11-7-10(3)18-12(19-11)8-20(5-2)9-13(14,15)16/h7H,4-6,8-9H2,1-3H3,(H,17,18,19). The Bertz CT molecular complexity index is 421. The SMILES string of the molecule is CCCNc1cc(C)nc(CN(CC)CC(F)(F)F)n1. The van der Waals surface area contributed by atoms with Crippen molar-refractivity contribution in [3.05, 3.63) is 17.6 Å². The number of alkyl halides is 3. The van der Waals surface area contributed by atoms with Crippen molar-refractivity contribution in [2.24, 2.45) is 0 Å². The molecule has 0 saturated heterocycles. The lowest BCUT2D eigenvalue weighted by molar-refractivity contribution is -0.146. The summed E-state index contributed by atoms with van der Waals surface area (Å²) in [6, 6.07) is 1.79. The first-order valence-electron chi connectivity index (χ1n) is 6.71. The van der Waals surface area contributed by atoms with E-state index in [1.807, 2.05) is 13.8 Å². The van der Waals surface area contributed by atoms with Crippen LogP contribution in [0.25, 0.3) is 0 Å². The van der Waals surface area contributed by atoms with Crippen molar-refractivity contribution in [2.75, 3.05) is 25.0 Å². The minimum Gasteiger partial charge on any atom is -0.370 e. The number of nitrogens with one attached hydrogen (secondary N) is 1. The van der Waals surface area contributed by atoms with Crippen molar-refractivity contribution in [1.82, 2.24) is 14.9 Å². The molecule has 0 spiro atoms. The van der Waals surface area contributed by atoms with Crippen molar-refractivity contribution in [2.45, 2.75) is 39.9 Å². The number of anilines is 1. The van der Waals surface area contributed by atoms with Gasteiger partial charge in [-0.2, -0.15) is 13.2 Å². The first kappa shape index (κ1) is 16.7. The summed E-state index contributed by atoms with van der Waals surface area (Å²) in [4.78, 5) is 9.73. The van der Waals surface area contributed by atoms with Crippen LogP contribution in [-0.2, 0) is 6.54 Å². The van der Waals surface area contributed by atoms with E-state index in [0.717, 1.165) is 18.7 Å². The van der Waals surface area contributed by atoms with Gasteiger partial charge in [0.15, 0.2) is 0 Å². The lowest BCUT2D eigenvalue weighted by Crippen LogP contribution is -2.34. The van der Waals surface area contributed by atoms with Crippen LogP contribution in [0.1, 0.15) is 31.8 Å². The highest BCUT2D eigenvalue weighted by atomic mass is 19.4. The Morgan fingerprint density at radius 2 is 1.95 bits per heavy atom. The molecule has 0 aromatic carbocycles. The van der Waals surface area contributed by atoms with Crippen LogP contribution in [-0.4, -0.2) is 40.7 Å². The zero-order valence-corrected chi connectivity index (χ0v) is 12.1. The number of halogens is 3. The number of hydrogen-bond donors (Lipinski definition) is 1. The Labute approximate surface area is 117 Å². The molecule has 114 valence electrons. The quantitative estimate of drug-likeness (QED) is 0.838. The molecule has 0 unspecified atom stereocenters. The maximum Gasteiger partial charge on any atom is 0.401 e. The molecule has 1 aromatic rings. The van der Waals surface area contributed by atoms with Gasteiger partial charge < -0.3 is 5.32 Å². The number of aromatic nitrogens is 2. The second-order valence-corrected chi connectivity index (χ2v) is 4.66. The van der Waals surface area contributed by atoms with E-state index < -0.39 is 12.7 Å². The van der Waals surface area contributed by atoms with E-state index in [9.17, 15) is 13.2 Å². The minimum absolute atomic E-state index is 0.0957. The highest BCUT2D eigenvalue weighted by Crippen LogP contribution is 2.17. The molecule has 0 fully saturated rings. The van der Waals surface area contributed by atoms with Gasteiger partial charge in [0.1, 0.15) is 11.6 Å². The van der Waals surface area contributed by atoms with Crippen molar-refractivity contribution >= 4 is 5.82 Å². The smallest absolute Gasteiger partial charge is 0.370 e. The number of nitrogens with zero attached hydrogens (tertiary/aromatic N) is 3. The summed E-state index contributed by atoms with van der Waals surface area (Å²) in [5.41, 5.74) is 0.747. The molecule has 0 amide bonds. The molecule has 4 nitrogen and oxygen atoms in total. The summed E-state index contributed by atoms with van der Waals surface area (Å²) in [6.07, 6.45) is -3.25. The molecule has 0 radical (unpaired) electrons. The second kappa shape index (κ2) is 7.42. The number of rotatable bonds is 7. The van der Waals surface area contributed by atoms with Crippen LogP contribution >= 0.6 is 0 Å². The predicted octanol–water partition coefficient (Wildman–Crippen LogP) is 2.99. The summed E-state index contributed by atoms with van der Waals surface area (Å²) in [5, 5.41) is 3.12. The summed E-state index contributed by atoms with van der Waals surface area (Å²) in [5.74, 6) is 1.08. The first-order valence-corrected chi connectivity index (χ1v) is 6.71. The van der Waals surface area contributed by atoms with Crippen LogP contribution in [0.3, 0.4) is 0 Å². The monoisotopic (exact) mass is 290 g/mol. The highest BCUT2D eigenvalue weighted by Gasteiger charge is 2.30. The molecule has 1 rings (SSSR count). The fourth-order valence-corrected chi connectivity index (χ4v) is 1.78. The van der Waals surface area contributed by atoms with Gasteiger partial charge in [0, 0.05) is 18.3 Å². The molecule has 20 heavy (non-hydrogen) atoms. The first-order chi connectivity index (χ1) is 9.34. The van der Waals surface area contributed by atoms with E-state index in [4.69, 9.17) is 0 Å². The van der Waals surface area contributed by atoms with Gasteiger partial charge in [-0.1, -0.05) is 13.8 Å². The highest BCUT2D eigenvalue weighted by molar-refractivity contribution is 5.35. The number of aryl methyl sites for hydroxylation is 1. The third kappa shape index (κ3) is 6.18. The topological polar surface area (TPSA) is 41.1 Å². The second-order valence-electron chi connectivity index (χ2n) is 4.66. The van der Waals surface area contributed by atoms with Crippen LogP contribution < -0.4 is 5.32 Å². The fourth-order valence-electron chi connectivity index (χ4n) is 1.78. The summed E-state index contributed by atoms with van der Waals surface area (Å²) in [6.45, 7) is 5.76. The van der Waals surface area contributed by atoms with E-state index in [1.165, 1.54) is 4.90 Å². The third-order valence-corrected chi connectivity index (χ3v) is 2.67. The van der Waals surface area contributed by atoms with Gasteiger partial charge in [0.05, 0.1) is 13.1 Å². The van der Waals surface area contributed by atoms with Gasteiger partial charge in [0.25, 0.3) is 0 Å². The van der Waals surface area contributed by atoms with Gasteiger partial charge >= 0.3 is 6.18 Å². The molecule has 0 atom stereocenters. The zero-order valence-electron chi connectivity index (χ0n) is 12.1. The lowest BCUT2D eigenvalue weighted by Gasteiger charge is -2.21. The molecule has 0 aliphatic carbocycles. The van der Waals surface area contributed by atoms with Gasteiger partial charge in [0.2, 0.25) is 0 Å². The van der Waals surface area contributed by atoms with Gasteiger partial charge in [-0.05, 0) is 19.9 Å². The molecule has 0 aliphatic rings. The Balaban J connectivity index is 2.76. The van der Waals surface area contributed by atoms with E-state index in [1.54, 1.807) is 13.0 Å². The van der Waals surface area contributed by atoms with E-state index in [0.29, 0.717) is 18.2 Å². The molecule has 1 N–H and O–H groups in total. The van der Waals surface area contributed by atoms with Crippen molar-refractivity contribution < 1.29 is 13.2 Å². The summed E-state index contributed by atoms with van der Waals surface area (Å²) < 4.78 is 37.3. The fraction of sp³-hybridized carbons (Fsp3) is 0.692. The Kier molecular flexibility index (Phi) is 6.19. The van der Waals surface area contributed by atoms with Crippen molar-refractivity contribution in [1.29, 1.82) is 0 Å². The predicted molar refractivity (Wildman–Crippen MR) is 72.6 cm³/mol. The Morgan fingerprint density at radius 3 is 2.50 bits per heavy atom. The average molecular weight is 290 g/mol. The maximum absolute atomic E-state index is 12.4. The van der Waals surface area contributed by atoms with Crippen LogP contribution in [0.4, 0.5) is 19.0 Å². The molecule has 1 aromatic heterocycles. The van der Waals surface area contributed by atoms with Crippen LogP contribution in [0.15, 0.2) is 6.07 Å². The van der Waals surface area contributed by atoms with Crippen LogP contribution in [0.5, 0.6) is 0 Å². The van der Waals surface area contributed by atoms with Crippen LogP contribution in [0.2, 0.25) is 0 Å². The summed E-state index contributed by atoms with van der Waals surface area (Å²) in [7, 11) is 0. The molecule has 0 bridgehead atoms. The number of hydrogen-bond acceptors (Lipinski definition) is 4. The van der Waals surface area contributed by atoms with E-state index in [2.05, 4.69) is 15.3 Å². The maximum atomic E-state index is 12.4. The largest absolute Gasteiger partial charge is 0.401 e. The zero-order chi connectivity index (χ0) is 15.2. The molecular formula is C13H21F3N4. The molecule has 0 aliphatic heterocycles. The average Bonchev–Trinajstić information content (AvgIpc) is 2.33. The normalized spacial score (nSPS) is 11.9. The van der Waals surface area contributed by atoms with Crippen molar-refractivity contribution in [3.63, 3.8) is 0 Å². The molecule has 0 saturated carbocycles. The van der Waals surface area contributed by atoms with Gasteiger partial charge in [-0.3, -0.25) is 4.90 Å². The van der Waals surface area contributed by atoms with Gasteiger partial charge in [-0.25, -0.2) is 9.97 Å². The van der Waals surface area contributed by atoms with Gasteiger partial charge in [-0.15, -0.1) is 0 Å². The summed E-state index contributed by atoms with van der Waals surface area (Å²) >= 11 is 0. The van der Waals surface area contributed by atoms with Crippen molar-refractivity contribution in [3.8, 4) is 0 Å². The Morgan fingerprint density at radius 1 is 1.25 bits per heavy atom. The lowest BCUT2D eigenvalue weighted by atomic mass is 10.3. The third-order valence-electron chi connectivity index (χ3n) is 2.67. The minimum atomic E-state index is -4.21. The van der Waals surface area contributed by atoms with E-state index >= 15 is 0 Å². The van der Waals surface area contributed by atoms with Crippen LogP contribution in [0, 0.1) is 6.92 Å². The molecule has 7 heteroatoms. The Hall–Kier alpha value is -1.37. The molecule has 1 heterocycles.